The van der Waals surface area contributed by atoms with Crippen molar-refractivity contribution < 1.29 is 13.9 Å². The molecule has 2 aromatic rings. The molecule has 0 aliphatic carbocycles. The zero-order valence-corrected chi connectivity index (χ0v) is 10.5. The third-order valence-electron chi connectivity index (χ3n) is 3.27. The van der Waals surface area contributed by atoms with Crippen LogP contribution in [0.5, 0.6) is 0 Å². The van der Waals surface area contributed by atoms with Crippen molar-refractivity contribution in [1.29, 1.82) is 0 Å². The Kier molecular flexibility index (Phi) is 3.64. The van der Waals surface area contributed by atoms with Crippen LogP contribution in [0, 0.1) is 18.6 Å². The number of hydrogen-bond donors (Lipinski definition) is 2. The highest BCUT2D eigenvalue weighted by atomic mass is 19.2. The lowest BCUT2D eigenvalue weighted by molar-refractivity contribution is 0.0852. The van der Waals surface area contributed by atoms with Crippen molar-refractivity contribution in [3.63, 3.8) is 0 Å². The number of nitrogens with two attached hydrogens (primary N) is 1. The maximum atomic E-state index is 14.0. The molecule has 3 N–H and O–H groups in total. The van der Waals surface area contributed by atoms with Crippen molar-refractivity contribution in [3.05, 3.63) is 70.8 Å². The van der Waals surface area contributed by atoms with Crippen LogP contribution in [0.15, 0.2) is 42.5 Å². The van der Waals surface area contributed by atoms with Crippen molar-refractivity contribution in [1.82, 2.24) is 0 Å². The molecule has 0 spiro atoms. The number of hydrogen-bond acceptors (Lipinski definition) is 2. The first-order chi connectivity index (χ1) is 9.00. The van der Waals surface area contributed by atoms with E-state index in [0.717, 1.165) is 0 Å². The van der Waals surface area contributed by atoms with Crippen LogP contribution in [0.4, 0.5) is 8.78 Å². The van der Waals surface area contributed by atoms with Crippen molar-refractivity contribution >= 4 is 0 Å². The summed E-state index contributed by atoms with van der Waals surface area (Å²) in [6.07, 6.45) is 0. The van der Waals surface area contributed by atoms with E-state index in [0.29, 0.717) is 5.56 Å². The van der Waals surface area contributed by atoms with E-state index in [1.807, 2.05) is 0 Å². The summed E-state index contributed by atoms with van der Waals surface area (Å²) in [5.41, 5.74) is 4.32. The number of halogens is 2. The summed E-state index contributed by atoms with van der Waals surface area (Å²) in [5.74, 6) is -2.02. The number of benzene rings is 2. The predicted molar refractivity (Wildman–Crippen MR) is 69.6 cm³/mol. The Balaban J connectivity index is 2.63. The number of rotatable bonds is 3. The van der Waals surface area contributed by atoms with Gasteiger partial charge in [-0.2, -0.15) is 0 Å². The van der Waals surface area contributed by atoms with Gasteiger partial charge in [0, 0.05) is 12.1 Å². The lowest BCUT2D eigenvalue weighted by Crippen LogP contribution is -2.37. The average molecular weight is 263 g/mol. The normalized spacial score (nSPS) is 14.2. The second-order valence-electron chi connectivity index (χ2n) is 4.49. The Morgan fingerprint density at radius 3 is 2.26 bits per heavy atom. The molecule has 0 aromatic heterocycles. The van der Waals surface area contributed by atoms with E-state index in [1.54, 1.807) is 30.3 Å². The lowest BCUT2D eigenvalue weighted by Gasteiger charge is -2.28. The molecule has 0 aliphatic rings. The fraction of sp³-hybridized carbons (Fsp3) is 0.200. The van der Waals surface area contributed by atoms with Gasteiger partial charge in [-0.1, -0.05) is 42.5 Å². The maximum Gasteiger partial charge on any atom is 0.165 e. The Hall–Kier alpha value is -1.78. The molecule has 1 unspecified atom stereocenters. The van der Waals surface area contributed by atoms with Gasteiger partial charge in [-0.15, -0.1) is 0 Å². The van der Waals surface area contributed by atoms with Crippen molar-refractivity contribution in [2.75, 3.05) is 6.54 Å². The van der Waals surface area contributed by atoms with Crippen LogP contribution in [0.2, 0.25) is 0 Å². The first kappa shape index (κ1) is 13.6. The third-order valence-corrected chi connectivity index (χ3v) is 3.27. The molecule has 0 fully saturated rings. The smallest absolute Gasteiger partial charge is 0.165 e. The summed E-state index contributed by atoms with van der Waals surface area (Å²) in [6.45, 7) is 1.22. The van der Waals surface area contributed by atoms with Gasteiger partial charge in [0.2, 0.25) is 0 Å². The first-order valence-electron chi connectivity index (χ1n) is 5.93. The van der Waals surface area contributed by atoms with Gasteiger partial charge in [0.1, 0.15) is 5.60 Å². The van der Waals surface area contributed by atoms with Gasteiger partial charge in [-0.3, -0.25) is 0 Å². The van der Waals surface area contributed by atoms with E-state index in [2.05, 4.69) is 0 Å². The van der Waals surface area contributed by atoms with Crippen LogP contribution in [0.25, 0.3) is 0 Å². The fourth-order valence-corrected chi connectivity index (χ4v) is 2.06. The molecule has 4 heteroatoms. The molecule has 0 saturated heterocycles. The highest BCUT2D eigenvalue weighted by molar-refractivity contribution is 5.39. The standard InChI is InChI=1S/C15H15F2NO/c1-10-7-8-12(14(17)13(10)16)15(19,9-18)11-5-3-2-4-6-11/h2-8,19H,9,18H2,1H3. The van der Waals surface area contributed by atoms with Crippen molar-refractivity contribution in [2.45, 2.75) is 12.5 Å². The summed E-state index contributed by atoms with van der Waals surface area (Å²) in [7, 11) is 0. The molecule has 0 saturated carbocycles. The minimum absolute atomic E-state index is 0.149. The van der Waals surface area contributed by atoms with Crippen molar-refractivity contribution in [2.24, 2.45) is 5.73 Å². The third kappa shape index (κ3) is 2.25. The SMILES string of the molecule is Cc1ccc(C(O)(CN)c2ccccc2)c(F)c1F. The molecule has 2 rings (SSSR count). The summed E-state index contributed by atoms with van der Waals surface area (Å²) >= 11 is 0. The predicted octanol–water partition coefficient (Wildman–Crippen LogP) is 2.47. The van der Waals surface area contributed by atoms with E-state index in [1.165, 1.54) is 19.1 Å². The van der Waals surface area contributed by atoms with Crippen LogP contribution in [0.3, 0.4) is 0 Å². The quantitative estimate of drug-likeness (QED) is 0.893. The zero-order valence-electron chi connectivity index (χ0n) is 10.5. The number of aryl methyl sites for hydroxylation is 1. The monoisotopic (exact) mass is 263 g/mol. The van der Waals surface area contributed by atoms with Gasteiger partial charge >= 0.3 is 0 Å². The molecule has 0 radical (unpaired) electrons. The van der Waals surface area contributed by atoms with E-state index in [-0.39, 0.29) is 17.7 Å². The zero-order chi connectivity index (χ0) is 14.0. The van der Waals surface area contributed by atoms with E-state index in [9.17, 15) is 13.9 Å². The summed E-state index contributed by atoms with van der Waals surface area (Å²) < 4.78 is 27.7. The van der Waals surface area contributed by atoms with Crippen molar-refractivity contribution in [3.8, 4) is 0 Å². The van der Waals surface area contributed by atoms with Gasteiger partial charge in [-0.25, -0.2) is 8.78 Å². The highest BCUT2D eigenvalue weighted by Crippen LogP contribution is 2.32. The second-order valence-corrected chi connectivity index (χ2v) is 4.49. The van der Waals surface area contributed by atoms with Gasteiger partial charge < -0.3 is 10.8 Å². The Labute approximate surface area is 110 Å². The average Bonchev–Trinajstić information content (AvgIpc) is 2.45. The Morgan fingerprint density at radius 2 is 1.68 bits per heavy atom. The fourth-order valence-electron chi connectivity index (χ4n) is 2.06. The molecular weight excluding hydrogens is 248 g/mol. The lowest BCUT2D eigenvalue weighted by atomic mass is 9.85. The van der Waals surface area contributed by atoms with Crippen LogP contribution < -0.4 is 5.73 Å². The van der Waals surface area contributed by atoms with Crippen LogP contribution in [-0.2, 0) is 5.60 Å². The molecular formula is C15H15F2NO. The summed E-state index contributed by atoms with van der Waals surface area (Å²) in [5, 5.41) is 10.6. The van der Waals surface area contributed by atoms with E-state index >= 15 is 0 Å². The minimum Gasteiger partial charge on any atom is -0.379 e. The Morgan fingerprint density at radius 1 is 1.05 bits per heavy atom. The molecule has 0 aliphatic heterocycles. The molecule has 19 heavy (non-hydrogen) atoms. The van der Waals surface area contributed by atoms with Gasteiger partial charge in [-0.05, 0) is 18.1 Å². The summed E-state index contributed by atoms with van der Waals surface area (Å²) in [6, 6.07) is 11.2. The Bertz CT molecular complexity index is 586. The highest BCUT2D eigenvalue weighted by Gasteiger charge is 2.34. The molecule has 0 heterocycles. The van der Waals surface area contributed by atoms with Crippen LogP contribution in [0.1, 0.15) is 16.7 Å². The number of aliphatic hydroxyl groups is 1. The molecule has 2 nitrogen and oxygen atoms in total. The first-order valence-corrected chi connectivity index (χ1v) is 5.93. The topological polar surface area (TPSA) is 46.2 Å². The van der Waals surface area contributed by atoms with E-state index < -0.39 is 17.2 Å². The van der Waals surface area contributed by atoms with Gasteiger partial charge in [0.05, 0.1) is 0 Å². The van der Waals surface area contributed by atoms with Gasteiger partial charge in [0.15, 0.2) is 11.6 Å². The largest absolute Gasteiger partial charge is 0.379 e. The maximum absolute atomic E-state index is 14.0. The minimum atomic E-state index is -1.74. The molecule has 1 atom stereocenters. The summed E-state index contributed by atoms with van der Waals surface area (Å²) in [4.78, 5) is 0. The molecule has 100 valence electrons. The van der Waals surface area contributed by atoms with Crippen LogP contribution in [-0.4, -0.2) is 11.7 Å². The van der Waals surface area contributed by atoms with Gasteiger partial charge in [0.25, 0.3) is 0 Å². The second kappa shape index (κ2) is 5.07. The molecule has 0 bridgehead atoms. The molecule has 0 amide bonds. The van der Waals surface area contributed by atoms with Crippen LogP contribution >= 0.6 is 0 Å². The van der Waals surface area contributed by atoms with E-state index in [4.69, 9.17) is 5.73 Å². The molecule has 2 aromatic carbocycles.